The molecule has 112 valence electrons. The fourth-order valence-electron chi connectivity index (χ4n) is 2.14. The van der Waals surface area contributed by atoms with Gasteiger partial charge in [0, 0.05) is 5.56 Å². The molecular weight excluding hydrogens is 284 g/mol. The Morgan fingerprint density at radius 2 is 1.73 bits per heavy atom. The lowest BCUT2D eigenvalue weighted by molar-refractivity contribution is 0.0318. The van der Waals surface area contributed by atoms with E-state index >= 15 is 0 Å². The smallest absolute Gasteiger partial charge is 0.338 e. The van der Waals surface area contributed by atoms with E-state index in [4.69, 9.17) is 14.2 Å². The molecule has 0 bridgehead atoms. The Hall–Kier alpha value is -2.82. The molecule has 0 amide bonds. The van der Waals surface area contributed by atoms with Crippen molar-refractivity contribution in [3.8, 4) is 11.5 Å². The first-order valence-electron chi connectivity index (χ1n) is 6.85. The Labute approximate surface area is 127 Å². The zero-order valence-electron chi connectivity index (χ0n) is 11.9. The van der Waals surface area contributed by atoms with Crippen molar-refractivity contribution in [1.82, 2.24) is 0 Å². The van der Waals surface area contributed by atoms with Crippen molar-refractivity contribution >= 4 is 11.8 Å². The Kier molecular flexibility index (Phi) is 3.78. The highest BCUT2D eigenvalue weighted by atomic mass is 16.7. The van der Waals surface area contributed by atoms with Crippen LogP contribution in [0.2, 0.25) is 0 Å². The van der Waals surface area contributed by atoms with Crippen LogP contribution in [0.5, 0.6) is 11.5 Å². The summed E-state index contributed by atoms with van der Waals surface area (Å²) in [6.45, 7) is 1.69. The minimum absolute atomic E-state index is 0.136. The van der Waals surface area contributed by atoms with Gasteiger partial charge in [-0.3, -0.25) is 4.79 Å². The van der Waals surface area contributed by atoms with Crippen molar-refractivity contribution < 1.29 is 23.8 Å². The molecule has 5 heteroatoms. The van der Waals surface area contributed by atoms with Crippen LogP contribution in [-0.4, -0.2) is 24.6 Å². The number of ether oxygens (including phenoxy) is 3. The maximum Gasteiger partial charge on any atom is 0.338 e. The van der Waals surface area contributed by atoms with Gasteiger partial charge in [-0.15, -0.1) is 0 Å². The van der Waals surface area contributed by atoms with E-state index in [1.54, 1.807) is 49.4 Å². The summed E-state index contributed by atoms with van der Waals surface area (Å²) in [5, 5.41) is 0. The highest BCUT2D eigenvalue weighted by molar-refractivity contribution is 6.01. The van der Waals surface area contributed by atoms with Crippen molar-refractivity contribution in [3.05, 3.63) is 59.7 Å². The summed E-state index contributed by atoms with van der Waals surface area (Å²) < 4.78 is 15.6. The topological polar surface area (TPSA) is 61.8 Å². The van der Waals surface area contributed by atoms with Gasteiger partial charge >= 0.3 is 5.97 Å². The first-order chi connectivity index (χ1) is 10.6. The van der Waals surface area contributed by atoms with Crippen LogP contribution in [0.3, 0.4) is 0 Å². The second-order valence-corrected chi connectivity index (χ2v) is 4.85. The quantitative estimate of drug-likeness (QED) is 0.641. The van der Waals surface area contributed by atoms with E-state index < -0.39 is 12.1 Å². The van der Waals surface area contributed by atoms with Crippen LogP contribution >= 0.6 is 0 Å². The molecule has 0 fully saturated rings. The predicted molar refractivity (Wildman–Crippen MR) is 78.2 cm³/mol. The van der Waals surface area contributed by atoms with Gasteiger partial charge in [-0.2, -0.15) is 0 Å². The zero-order valence-corrected chi connectivity index (χ0v) is 11.9. The Balaban J connectivity index is 1.70. The minimum atomic E-state index is -0.861. The largest absolute Gasteiger partial charge is 0.454 e. The molecule has 2 aromatic rings. The molecular formula is C17H14O5. The first-order valence-corrected chi connectivity index (χ1v) is 6.85. The second kappa shape index (κ2) is 5.89. The van der Waals surface area contributed by atoms with E-state index in [0.29, 0.717) is 22.6 Å². The summed E-state index contributed by atoms with van der Waals surface area (Å²) >= 11 is 0. The second-order valence-electron chi connectivity index (χ2n) is 4.85. The van der Waals surface area contributed by atoms with Gasteiger partial charge in [0.2, 0.25) is 12.6 Å². The van der Waals surface area contributed by atoms with Crippen LogP contribution in [0.4, 0.5) is 0 Å². The molecule has 0 spiro atoms. The Morgan fingerprint density at radius 3 is 2.50 bits per heavy atom. The van der Waals surface area contributed by atoms with Crippen LogP contribution in [0.15, 0.2) is 48.5 Å². The van der Waals surface area contributed by atoms with Gasteiger partial charge in [-0.1, -0.05) is 30.3 Å². The van der Waals surface area contributed by atoms with E-state index in [9.17, 15) is 9.59 Å². The molecule has 22 heavy (non-hydrogen) atoms. The SMILES string of the molecule is C[C@H](OC(=O)c1ccc2c(c1)OCO2)C(=O)c1ccccc1. The van der Waals surface area contributed by atoms with Crippen molar-refractivity contribution in [2.75, 3.05) is 6.79 Å². The fraction of sp³-hybridized carbons (Fsp3) is 0.176. The molecule has 0 N–H and O–H groups in total. The third-order valence-corrected chi connectivity index (χ3v) is 3.32. The Morgan fingerprint density at radius 1 is 1.00 bits per heavy atom. The van der Waals surface area contributed by atoms with Crippen LogP contribution < -0.4 is 9.47 Å². The summed E-state index contributed by atoms with van der Waals surface area (Å²) in [6.07, 6.45) is -0.861. The number of esters is 1. The van der Waals surface area contributed by atoms with Gasteiger partial charge in [-0.05, 0) is 25.1 Å². The van der Waals surface area contributed by atoms with Crippen molar-refractivity contribution in [1.29, 1.82) is 0 Å². The monoisotopic (exact) mass is 298 g/mol. The summed E-state index contributed by atoms with van der Waals surface area (Å²) in [5.41, 5.74) is 0.824. The van der Waals surface area contributed by atoms with Crippen molar-refractivity contribution in [2.45, 2.75) is 13.0 Å². The number of hydrogen-bond donors (Lipinski definition) is 0. The number of carbonyl (C=O) groups is 2. The molecule has 0 aliphatic carbocycles. The summed E-state index contributed by atoms with van der Waals surface area (Å²) in [4.78, 5) is 24.3. The van der Waals surface area contributed by atoms with Gasteiger partial charge in [0.05, 0.1) is 5.56 Å². The molecule has 0 unspecified atom stereocenters. The molecule has 5 nitrogen and oxygen atoms in total. The average Bonchev–Trinajstić information content (AvgIpc) is 3.02. The normalized spacial score (nSPS) is 13.5. The van der Waals surface area contributed by atoms with Gasteiger partial charge in [-0.25, -0.2) is 4.79 Å². The molecule has 1 atom stereocenters. The van der Waals surface area contributed by atoms with E-state index in [0.717, 1.165) is 0 Å². The molecule has 1 aliphatic heterocycles. The number of hydrogen-bond acceptors (Lipinski definition) is 5. The number of ketones is 1. The molecule has 0 radical (unpaired) electrons. The highest BCUT2D eigenvalue weighted by Gasteiger charge is 2.22. The zero-order chi connectivity index (χ0) is 15.5. The minimum Gasteiger partial charge on any atom is -0.454 e. The summed E-state index contributed by atoms with van der Waals surface area (Å²) in [6, 6.07) is 13.5. The van der Waals surface area contributed by atoms with E-state index in [-0.39, 0.29) is 12.6 Å². The molecule has 1 aliphatic rings. The van der Waals surface area contributed by atoms with Crippen molar-refractivity contribution in [3.63, 3.8) is 0 Å². The number of Topliss-reactive ketones (excluding diaryl/α,β-unsaturated/α-hetero) is 1. The predicted octanol–water partition coefficient (Wildman–Crippen LogP) is 2.84. The molecule has 0 saturated carbocycles. The van der Waals surface area contributed by atoms with Gasteiger partial charge < -0.3 is 14.2 Å². The summed E-state index contributed by atoms with van der Waals surface area (Å²) in [7, 11) is 0. The standard InChI is InChI=1S/C17H14O5/c1-11(16(18)12-5-3-2-4-6-12)22-17(19)13-7-8-14-15(9-13)21-10-20-14/h2-9,11H,10H2,1H3/t11-/m0/s1. The average molecular weight is 298 g/mol. The molecule has 2 aromatic carbocycles. The number of benzene rings is 2. The lowest BCUT2D eigenvalue weighted by atomic mass is 10.1. The lowest BCUT2D eigenvalue weighted by Gasteiger charge is -2.12. The lowest BCUT2D eigenvalue weighted by Crippen LogP contribution is -2.24. The number of fused-ring (bicyclic) bond motifs is 1. The third kappa shape index (κ3) is 2.79. The fourth-order valence-corrected chi connectivity index (χ4v) is 2.14. The Bertz CT molecular complexity index is 708. The molecule has 3 rings (SSSR count). The summed E-state index contributed by atoms with van der Waals surface area (Å²) in [5.74, 6) is 0.270. The molecule has 0 aromatic heterocycles. The maximum absolute atomic E-state index is 12.2. The van der Waals surface area contributed by atoms with E-state index in [1.807, 2.05) is 6.07 Å². The van der Waals surface area contributed by atoms with Gasteiger partial charge in [0.25, 0.3) is 0 Å². The third-order valence-electron chi connectivity index (χ3n) is 3.32. The maximum atomic E-state index is 12.2. The van der Waals surface area contributed by atoms with Crippen LogP contribution in [0, 0.1) is 0 Å². The highest BCUT2D eigenvalue weighted by Crippen LogP contribution is 2.32. The first kappa shape index (κ1) is 14.1. The number of carbonyl (C=O) groups excluding carboxylic acids is 2. The van der Waals surface area contributed by atoms with E-state index in [1.165, 1.54) is 0 Å². The van der Waals surface area contributed by atoms with Gasteiger partial charge in [0.15, 0.2) is 17.6 Å². The number of rotatable bonds is 4. The van der Waals surface area contributed by atoms with Crippen LogP contribution in [0.25, 0.3) is 0 Å². The molecule has 1 heterocycles. The molecule has 0 saturated heterocycles. The van der Waals surface area contributed by atoms with Crippen LogP contribution in [-0.2, 0) is 4.74 Å². The van der Waals surface area contributed by atoms with Gasteiger partial charge in [0.1, 0.15) is 0 Å². The van der Waals surface area contributed by atoms with E-state index in [2.05, 4.69) is 0 Å². The van der Waals surface area contributed by atoms with Crippen LogP contribution in [0.1, 0.15) is 27.6 Å². The van der Waals surface area contributed by atoms with Crippen molar-refractivity contribution in [2.24, 2.45) is 0 Å².